The minimum Gasteiger partial charge on any atom is -0.497 e. The fourth-order valence-corrected chi connectivity index (χ4v) is 4.84. The van der Waals surface area contributed by atoms with Gasteiger partial charge in [-0.05, 0) is 71.4 Å². The second-order valence-corrected chi connectivity index (χ2v) is 9.49. The fourth-order valence-electron chi connectivity index (χ4n) is 3.79. The molecule has 2 heterocycles. The number of hydrogen-bond acceptors (Lipinski definition) is 9. The molecule has 3 aromatic carbocycles. The summed E-state index contributed by atoms with van der Waals surface area (Å²) >= 11 is 7.13. The first kappa shape index (κ1) is 25.5. The molecule has 2 aliphatic rings. The Kier molecular flexibility index (Phi) is 7.17. The second kappa shape index (κ2) is 10.7. The van der Waals surface area contributed by atoms with Crippen molar-refractivity contribution in [1.29, 1.82) is 0 Å². The van der Waals surface area contributed by atoms with E-state index in [1.54, 1.807) is 60.7 Å². The Labute approximate surface area is 226 Å². The minimum atomic E-state index is -0.593. The molecule has 11 heteroatoms. The van der Waals surface area contributed by atoms with Crippen LogP contribution in [0.1, 0.15) is 21.5 Å². The molecule has 9 nitrogen and oxygen atoms in total. The number of imide groups is 1. The van der Waals surface area contributed by atoms with Gasteiger partial charge in [0, 0.05) is 11.1 Å². The van der Waals surface area contributed by atoms with Gasteiger partial charge in [0.2, 0.25) is 6.79 Å². The lowest BCUT2D eigenvalue weighted by atomic mass is 10.1. The summed E-state index contributed by atoms with van der Waals surface area (Å²) in [6.07, 6.45) is 1.55. The summed E-state index contributed by atoms with van der Waals surface area (Å²) < 4.78 is 26.7. The van der Waals surface area contributed by atoms with Crippen LogP contribution in [0.5, 0.6) is 28.7 Å². The highest BCUT2D eigenvalue weighted by Crippen LogP contribution is 2.40. The number of ether oxygens (including phenoxy) is 5. The first-order chi connectivity index (χ1) is 18.4. The third kappa shape index (κ3) is 5.13. The maximum Gasteiger partial charge on any atom is 0.343 e. The summed E-state index contributed by atoms with van der Waals surface area (Å²) in [5.74, 6) is 1.04. The van der Waals surface area contributed by atoms with Crippen LogP contribution in [0.15, 0.2) is 59.5 Å². The molecule has 194 valence electrons. The van der Waals surface area contributed by atoms with E-state index in [-0.39, 0.29) is 24.0 Å². The Balaban J connectivity index is 1.35. The minimum absolute atomic E-state index is 0.0230. The monoisotopic (exact) mass is 553 g/mol. The van der Waals surface area contributed by atoms with Crippen molar-refractivity contribution in [3.63, 3.8) is 0 Å². The van der Waals surface area contributed by atoms with Crippen LogP contribution in [0.25, 0.3) is 6.08 Å². The molecule has 0 unspecified atom stereocenters. The Morgan fingerprint density at radius 3 is 2.45 bits per heavy atom. The zero-order valence-corrected chi connectivity index (χ0v) is 21.8. The van der Waals surface area contributed by atoms with Gasteiger partial charge < -0.3 is 23.7 Å². The molecule has 1 fully saturated rings. The smallest absolute Gasteiger partial charge is 0.343 e. The molecule has 38 heavy (non-hydrogen) atoms. The van der Waals surface area contributed by atoms with Crippen LogP contribution in [-0.4, -0.2) is 43.0 Å². The zero-order valence-electron chi connectivity index (χ0n) is 20.2. The summed E-state index contributed by atoms with van der Waals surface area (Å²) in [5, 5.41) is -0.0783. The van der Waals surface area contributed by atoms with E-state index in [4.69, 9.17) is 35.3 Å². The second-order valence-electron chi connectivity index (χ2n) is 8.09. The van der Waals surface area contributed by atoms with Gasteiger partial charge in [0.25, 0.3) is 11.1 Å². The van der Waals surface area contributed by atoms with E-state index in [2.05, 4.69) is 0 Å². The van der Waals surface area contributed by atoms with Crippen molar-refractivity contribution in [2.45, 2.75) is 6.54 Å². The normalized spacial score (nSPS) is 15.2. The maximum atomic E-state index is 13.1. The lowest BCUT2D eigenvalue weighted by Crippen LogP contribution is -2.27. The van der Waals surface area contributed by atoms with Gasteiger partial charge in [0.05, 0.1) is 31.2 Å². The molecule has 0 bridgehead atoms. The SMILES string of the molecule is COc1ccc(C(=O)Oc2cc(/C=C3\SC(=O)N(Cc4cc5c(cc4Cl)OCO5)C3=O)ccc2OC)cc1. The standard InChI is InChI=1S/C27H20ClNO8S/c1-33-18-6-4-16(5-7-18)26(31)37-23-9-15(3-8-20(23)34-2)10-24-25(30)29(27(32)38-24)13-17-11-21-22(12-19(17)28)36-14-35-21/h3-12H,13-14H2,1-2H3/b24-10-. The molecule has 0 spiro atoms. The Hall–Kier alpha value is -4.15. The highest BCUT2D eigenvalue weighted by atomic mass is 35.5. The number of fused-ring (bicyclic) bond motifs is 1. The number of carbonyl (C=O) groups excluding carboxylic acids is 3. The highest BCUT2D eigenvalue weighted by Gasteiger charge is 2.36. The Bertz CT molecular complexity index is 1470. The van der Waals surface area contributed by atoms with E-state index in [0.29, 0.717) is 44.7 Å². The Morgan fingerprint density at radius 1 is 1.00 bits per heavy atom. The number of rotatable bonds is 7. The van der Waals surface area contributed by atoms with Crippen molar-refractivity contribution in [2.24, 2.45) is 0 Å². The molecule has 3 aromatic rings. The number of benzene rings is 3. The molecular formula is C27H20ClNO8S. The summed E-state index contributed by atoms with van der Waals surface area (Å²) in [6, 6.07) is 14.6. The van der Waals surface area contributed by atoms with Crippen molar-refractivity contribution in [3.8, 4) is 28.7 Å². The van der Waals surface area contributed by atoms with Crippen LogP contribution in [0.2, 0.25) is 5.02 Å². The van der Waals surface area contributed by atoms with Gasteiger partial charge in [-0.15, -0.1) is 0 Å². The van der Waals surface area contributed by atoms with E-state index in [0.717, 1.165) is 16.7 Å². The average Bonchev–Trinajstić information content (AvgIpc) is 3.48. The first-order valence-electron chi connectivity index (χ1n) is 11.2. The molecule has 2 aliphatic heterocycles. The maximum absolute atomic E-state index is 13.1. The zero-order chi connectivity index (χ0) is 26.8. The number of nitrogens with zero attached hydrogens (tertiary/aromatic N) is 1. The van der Waals surface area contributed by atoms with Crippen LogP contribution in [-0.2, 0) is 11.3 Å². The fraction of sp³-hybridized carbons (Fsp3) is 0.148. The Morgan fingerprint density at radius 2 is 1.74 bits per heavy atom. The molecule has 1 saturated heterocycles. The van der Waals surface area contributed by atoms with Gasteiger partial charge in [0.15, 0.2) is 23.0 Å². The lowest BCUT2D eigenvalue weighted by Gasteiger charge is -2.14. The number of amides is 2. The van der Waals surface area contributed by atoms with Crippen LogP contribution < -0.4 is 23.7 Å². The van der Waals surface area contributed by atoms with E-state index >= 15 is 0 Å². The molecule has 0 saturated carbocycles. The summed E-state index contributed by atoms with van der Waals surface area (Å²) in [7, 11) is 2.98. The van der Waals surface area contributed by atoms with Gasteiger partial charge >= 0.3 is 5.97 Å². The summed E-state index contributed by atoms with van der Waals surface area (Å²) in [6.45, 7) is 0.0590. The topological polar surface area (TPSA) is 101 Å². The van der Waals surface area contributed by atoms with E-state index in [1.165, 1.54) is 14.2 Å². The third-order valence-corrected chi connectivity index (χ3v) is 7.02. The average molecular weight is 554 g/mol. The van der Waals surface area contributed by atoms with Gasteiger partial charge in [-0.2, -0.15) is 0 Å². The molecule has 5 rings (SSSR count). The highest BCUT2D eigenvalue weighted by molar-refractivity contribution is 8.18. The molecule has 0 aliphatic carbocycles. The van der Waals surface area contributed by atoms with Crippen molar-refractivity contribution in [1.82, 2.24) is 4.90 Å². The van der Waals surface area contributed by atoms with E-state index in [1.807, 2.05) is 0 Å². The number of carbonyl (C=O) groups is 3. The number of methoxy groups -OCH3 is 2. The number of hydrogen-bond donors (Lipinski definition) is 0. The van der Waals surface area contributed by atoms with Crippen molar-refractivity contribution in [3.05, 3.63) is 81.2 Å². The molecule has 0 radical (unpaired) electrons. The summed E-state index contributed by atoms with van der Waals surface area (Å²) in [5.41, 5.74) is 1.41. The van der Waals surface area contributed by atoms with Gasteiger partial charge in [0.1, 0.15) is 5.75 Å². The third-order valence-electron chi connectivity index (χ3n) is 5.76. The summed E-state index contributed by atoms with van der Waals surface area (Å²) in [4.78, 5) is 39.8. The van der Waals surface area contributed by atoms with E-state index in [9.17, 15) is 14.4 Å². The largest absolute Gasteiger partial charge is 0.497 e. The van der Waals surface area contributed by atoms with Gasteiger partial charge in [-0.3, -0.25) is 14.5 Å². The van der Waals surface area contributed by atoms with Crippen molar-refractivity contribution < 1.29 is 38.1 Å². The van der Waals surface area contributed by atoms with Crippen molar-refractivity contribution in [2.75, 3.05) is 21.0 Å². The predicted octanol–water partition coefficient (Wildman–Crippen LogP) is 5.54. The van der Waals surface area contributed by atoms with E-state index < -0.39 is 17.1 Å². The number of esters is 1. The number of halogens is 1. The molecule has 2 amide bonds. The predicted molar refractivity (Wildman–Crippen MR) is 140 cm³/mol. The van der Waals surface area contributed by atoms with Gasteiger partial charge in [-0.1, -0.05) is 17.7 Å². The molecule has 0 aromatic heterocycles. The quantitative estimate of drug-likeness (QED) is 0.212. The van der Waals surface area contributed by atoms with Crippen LogP contribution in [0.3, 0.4) is 0 Å². The molecule has 0 N–H and O–H groups in total. The van der Waals surface area contributed by atoms with Crippen LogP contribution in [0.4, 0.5) is 4.79 Å². The lowest BCUT2D eigenvalue weighted by molar-refractivity contribution is -0.123. The first-order valence-corrected chi connectivity index (χ1v) is 12.4. The van der Waals surface area contributed by atoms with Crippen LogP contribution >= 0.6 is 23.4 Å². The van der Waals surface area contributed by atoms with Gasteiger partial charge in [-0.25, -0.2) is 4.79 Å². The van der Waals surface area contributed by atoms with Crippen LogP contribution in [0, 0.1) is 0 Å². The molecule has 0 atom stereocenters. The number of thioether (sulfide) groups is 1. The molecular weight excluding hydrogens is 534 g/mol. The van der Waals surface area contributed by atoms with Crippen molar-refractivity contribution >= 4 is 46.6 Å².